The van der Waals surface area contributed by atoms with Gasteiger partial charge in [0.15, 0.2) is 17.1 Å². The SMILES string of the molecule is COc1cc(-c2coc3c4c(cc(OC(C)=O)c3c2=O)OC(C)(C)C=C4)c(OC)cc1OC(C)=O. The molecule has 0 unspecified atom stereocenters. The summed E-state index contributed by atoms with van der Waals surface area (Å²) in [6.45, 7) is 6.25. The van der Waals surface area contributed by atoms with Crippen LogP contribution in [0.4, 0.5) is 0 Å². The summed E-state index contributed by atoms with van der Waals surface area (Å²) < 4.78 is 33.3. The molecule has 0 saturated carbocycles. The van der Waals surface area contributed by atoms with E-state index in [1.54, 1.807) is 6.08 Å². The molecule has 0 amide bonds. The monoisotopic (exact) mass is 480 g/mol. The molecule has 1 aliphatic heterocycles. The van der Waals surface area contributed by atoms with E-state index in [1.807, 2.05) is 19.9 Å². The number of hydrogen-bond donors (Lipinski definition) is 0. The molecule has 3 aromatic rings. The van der Waals surface area contributed by atoms with E-state index in [1.165, 1.54) is 52.5 Å². The molecule has 0 aliphatic carbocycles. The summed E-state index contributed by atoms with van der Waals surface area (Å²) in [5, 5.41) is 0.0643. The quantitative estimate of drug-likeness (QED) is 0.385. The van der Waals surface area contributed by atoms with Crippen LogP contribution in [0.15, 0.2) is 39.7 Å². The molecule has 1 aromatic heterocycles. The highest BCUT2D eigenvalue weighted by molar-refractivity contribution is 5.97. The van der Waals surface area contributed by atoms with Gasteiger partial charge in [-0.25, -0.2) is 0 Å². The number of fused-ring (bicyclic) bond motifs is 3. The third-order valence-corrected chi connectivity index (χ3v) is 5.32. The minimum atomic E-state index is -0.605. The van der Waals surface area contributed by atoms with Crippen LogP contribution in [0.2, 0.25) is 0 Å². The van der Waals surface area contributed by atoms with Crippen LogP contribution in [0.1, 0.15) is 33.3 Å². The van der Waals surface area contributed by atoms with Crippen LogP contribution in [0.25, 0.3) is 28.2 Å². The first-order chi connectivity index (χ1) is 16.5. The van der Waals surface area contributed by atoms with Gasteiger partial charge >= 0.3 is 11.9 Å². The predicted octanol–water partition coefficient (Wildman–Crippen LogP) is 4.51. The van der Waals surface area contributed by atoms with Crippen LogP contribution in [0.5, 0.6) is 28.7 Å². The fourth-order valence-electron chi connectivity index (χ4n) is 3.85. The number of methoxy groups -OCH3 is 2. The van der Waals surface area contributed by atoms with Gasteiger partial charge in [-0.05, 0) is 32.1 Å². The Hall–Kier alpha value is -4.27. The summed E-state index contributed by atoms with van der Waals surface area (Å²) in [5.74, 6) is -0.141. The largest absolute Gasteiger partial charge is 0.496 e. The standard InChI is InChI=1S/C26H24O9/c1-13(27)33-21-10-18(30-5)16(9-20(21)31-6)17-12-32-25-15-7-8-26(3,4)35-19(15)11-22(34-14(2)28)23(25)24(17)29/h7-12H,1-6H3. The first kappa shape index (κ1) is 23.9. The van der Waals surface area contributed by atoms with Gasteiger partial charge in [-0.1, -0.05) is 0 Å². The molecular formula is C26H24O9. The topological polar surface area (TPSA) is 111 Å². The van der Waals surface area contributed by atoms with Gasteiger partial charge < -0.3 is 28.1 Å². The highest BCUT2D eigenvalue weighted by Crippen LogP contribution is 2.43. The third kappa shape index (κ3) is 4.44. The second kappa shape index (κ2) is 8.83. The zero-order valence-corrected chi connectivity index (χ0v) is 20.1. The first-order valence-electron chi connectivity index (χ1n) is 10.7. The Morgan fingerprint density at radius 1 is 0.857 bits per heavy atom. The Morgan fingerprint density at radius 2 is 1.51 bits per heavy atom. The van der Waals surface area contributed by atoms with Gasteiger partial charge in [0.05, 0.1) is 25.3 Å². The molecule has 35 heavy (non-hydrogen) atoms. The summed E-state index contributed by atoms with van der Waals surface area (Å²) in [6.07, 6.45) is 4.94. The van der Waals surface area contributed by atoms with Crippen molar-refractivity contribution >= 4 is 29.0 Å². The smallest absolute Gasteiger partial charge is 0.308 e. The van der Waals surface area contributed by atoms with Gasteiger partial charge in [-0.2, -0.15) is 0 Å². The van der Waals surface area contributed by atoms with Gasteiger partial charge in [-0.3, -0.25) is 14.4 Å². The lowest BCUT2D eigenvalue weighted by molar-refractivity contribution is -0.132. The maximum atomic E-state index is 13.8. The second-order valence-electron chi connectivity index (χ2n) is 8.40. The fourth-order valence-corrected chi connectivity index (χ4v) is 3.85. The highest BCUT2D eigenvalue weighted by atomic mass is 16.6. The molecule has 2 aromatic carbocycles. The van der Waals surface area contributed by atoms with Gasteiger partial charge in [0, 0.05) is 31.5 Å². The normalized spacial score (nSPS) is 13.5. The second-order valence-corrected chi connectivity index (χ2v) is 8.40. The van der Waals surface area contributed by atoms with E-state index in [-0.39, 0.29) is 39.5 Å². The van der Waals surface area contributed by atoms with E-state index in [9.17, 15) is 14.4 Å². The molecule has 2 heterocycles. The predicted molar refractivity (Wildman–Crippen MR) is 127 cm³/mol. The molecule has 0 N–H and O–H groups in total. The molecule has 0 saturated heterocycles. The molecule has 9 nitrogen and oxygen atoms in total. The number of rotatable bonds is 5. The van der Waals surface area contributed by atoms with E-state index < -0.39 is 23.0 Å². The van der Waals surface area contributed by atoms with Crippen LogP contribution in [-0.4, -0.2) is 31.8 Å². The fraction of sp³-hybridized carbons (Fsp3) is 0.269. The lowest BCUT2D eigenvalue weighted by Crippen LogP contribution is -2.27. The van der Waals surface area contributed by atoms with Gasteiger partial charge in [-0.15, -0.1) is 0 Å². The number of hydrogen-bond acceptors (Lipinski definition) is 9. The number of esters is 2. The Morgan fingerprint density at radius 3 is 2.14 bits per heavy atom. The maximum Gasteiger partial charge on any atom is 0.308 e. The van der Waals surface area contributed by atoms with E-state index in [0.717, 1.165) is 0 Å². The van der Waals surface area contributed by atoms with E-state index in [2.05, 4.69) is 0 Å². The van der Waals surface area contributed by atoms with Gasteiger partial charge in [0.2, 0.25) is 5.43 Å². The summed E-state index contributed by atoms with van der Waals surface area (Å²) >= 11 is 0. The van der Waals surface area contributed by atoms with Crippen molar-refractivity contribution in [1.82, 2.24) is 0 Å². The van der Waals surface area contributed by atoms with Crippen LogP contribution in [0.3, 0.4) is 0 Å². The molecule has 4 rings (SSSR count). The highest BCUT2D eigenvalue weighted by Gasteiger charge is 2.28. The minimum Gasteiger partial charge on any atom is -0.496 e. The van der Waals surface area contributed by atoms with Crippen molar-refractivity contribution in [3.05, 3.63) is 46.3 Å². The van der Waals surface area contributed by atoms with Gasteiger partial charge in [0.1, 0.15) is 34.5 Å². The number of benzene rings is 2. The van der Waals surface area contributed by atoms with Gasteiger partial charge in [0.25, 0.3) is 0 Å². The van der Waals surface area contributed by atoms with Crippen LogP contribution < -0.4 is 29.1 Å². The number of carbonyl (C=O) groups is 2. The summed E-state index contributed by atoms with van der Waals surface area (Å²) in [7, 11) is 2.82. The summed E-state index contributed by atoms with van der Waals surface area (Å²) in [5.41, 5.74) is 0.147. The lowest BCUT2D eigenvalue weighted by atomic mass is 9.98. The summed E-state index contributed by atoms with van der Waals surface area (Å²) in [4.78, 5) is 37.1. The summed E-state index contributed by atoms with van der Waals surface area (Å²) in [6, 6.07) is 4.45. The molecule has 182 valence electrons. The molecular weight excluding hydrogens is 456 g/mol. The first-order valence-corrected chi connectivity index (χ1v) is 10.7. The van der Waals surface area contributed by atoms with Crippen molar-refractivity contribution in [3.8, 4) is 39.9 Å². The van der Waals surface area contributed by atoms with Crippen molar-refractivity contribution in [2.45, 2.75) is 33.3 Å². The Bertz CT molecular complexity index is 1440. The third-order valence-electron chi connectivity index (χ3n) is 5.32. The van der Waals surface area contributed by atoms with Crippen molar-refractivity contribution in [3.63, 3.8) is 0 Å². The zero-order valence-electron chi connectivity index (χ0n) is 20.1. The molecule has 0 bridgehead atoms. The molecule has 0 radical (unpaired) electrons. The Balaban J connectivity index is 2.01. The van der Waals surface area contributed by atoms with Crippen LogP contribution >= 0.6 is 0 Å². The molecule has 9 heteroatoms. The van der Waals surface area contributed by atoms with E-state index in [4.69, 9.17) is 28.1 Å². The molecule has 1 aliphatic rings. The molecule has 0 atom stereocenters. The molecule has 0 spiro atoms. The zero-order chi connectivity index (χ0) is 25.5. The van der Waals surface area contributed by atoms with E-state index >= 15 is 0 Å². The van der Waals surface area contributed by atoms with Crippen molar-refractivity contribution in [2.24, 2.45) is 0 Å². The van der Waals surface area contributed by atoms with Crippen molar-refractivity contribution < 1.29 is 37.7 Å². The Kier molecular flexibility index (Phi) is 6.02. The van der Waals surface area contributed by atoms with E-state index in [0.29, 0.717) is 16.9 Å². The van der Waals surface area contributed by atoms with Crippen molar-refractivity contribution in [2.75, 3.05) is 14.2 Å². The van der Waals surface area contributed by atoms with Crippen molar-refractivity contribution in [1.29, 1.82) is 0 Å². The lowest BCUT2D eigenvalue weighted by Gasteiger charge is -2.28. The van der Waals surface area contributed by atoms with Crippen LogP contribution in [-0.2, 0) is 9.59 Å². The maximum absolute atomic E-state index is 13.8. The average molecular weight is 480 g/mol. The van der Waals surface area contributed by atoms with Crippen LogP contribution in [0, 0.1) is 0 Å². The molecule has 0 fully saturated rings. The number of ether oxygens (including phenoxy) is 5. The minimum absolute atomic E-state index is 0.00964. The number of carbonyl (C=O) groups excluding carboxylic acids is 2. The Labute approximate surface area is 200 Å². The average Bonchev–Trinajstić information content (AvgIpc) is 2.77.